The number of nitrogens with zero attached hydrogens (tertiary/aromatic N) is 3. The van der Waals surface area contributed by atoms with Gasteiger partial charge in [0.25, 0.3) is 5.22 Å². The van der Waals surface area contributed by atoms with E-state index in [0.29, 0.717) is 5.82 Å². The van der Waals surface area contributed by atoms with Gasteiger partial charge in [0.2, 0.25) is 5.82 Å². The lowest BCUT2D eigenvalue weighted by atomic mass is 10.1. The quantitative estimate of drug-likeness (QED) is 0.825. The molecule has 18 heavy (non-hydrogen) atoms. The SMILES string of the molecule is CCc1cnccc1-c1noc(SCC(=O)O)n1. The second-order valence-corrected chi connectivity index (χ2v) is 4.38. The zero-order valence-electron chi connectivity index (χ0n) is 9.66. The molecule has 0 saturated carbocycles. The third-order valence-electron chi connectivity index (χ3n) is 2.25. The molecule has 6 nitrogen and oxygen atoms in total. The van der Waals surface area contributed by atoms with Crippen LogP contribution in [0.4, 0.5) is 0 Å². The van der Waals surface area contributed by atoms with Gasteiger partial charge >= 0.3 is 5.97 Å². The van der Waals surface area contributed by atoms with Crippen molar-refractivity contribution < 1.29 is 14.4 Å². The van der Waals surface area contributed by atoms with E-state index in [2.05, 4.69) is 15.1 Å². The van der Waals surface area contributed by atoms with Gasteiger partial charge in [-0.2, -0.15) is 4.98 Å². The number of carboxylic acid groups (broad SMARTS) is 1. The van der Waals surface area contributed by atoms with Crippen molar-refractivity contribution in [2.45, 2.75) is 18.6 Å². The summed E-state index contributed by atoms with van der Waals surface area (Å²) in [4.78, 5) is 18.6. The molecule has 0 aliphatic heterocycles. The van der Waals surface area contributed by atoms with Crippen molar-refractivity contribution in [2.24, 2.45) is 0 Å². The first kappa shape index (κ1) is 12.6. The molecular formula is C11H11N3O3S. The summed E-state index contributed by atoms with van der Waals surface area (Å²) < 4.78 is 4.99. The van der Waals surface area contributed by atoms with Crippen molar-refractivity contribution in [3.05, 3.63) is 24.0 Å². The molecule has 0 aromatic carbocycles. The van der Waals surface area contributed by atoms with Crippen LogP contribution in [0.5, 0.6) is 0 Å². The zero-order valence-corrected chi connectivity index (χ0v) is 10.5. The smallest absolute Gasteiger partial charge is 0.314 e. The lowest BCUT2D eigenvalue weighted by Crippen LogP contribution is -1.97. The molecule has 0 radical (unpaired) electrons. The molecule has 94 valence electrons. The highest BCUT2D eigenvalue weighted by molar-refractivity contribution is 7.99. The Labute approximate surface area is 107 Å². The van der Waals surface area contributed by atoms with E-state index in [4.69, 9.17) is 9.63 Å². The number of thioether (sulfide) groups is 1. The van der Waals surface area contributed by atoms with E-state index in [0.717, 1.165) is 29.3 Å². The fourth-order valence-corrected chi connectivity index (χ4v) is 1.92. The van der Waals surface area contributed by atoms with E-state index in [-0.39, 0.29) is 11.0 Å². The van der Waals surface area contributed by atoms with Crippen LogP contribution in [0.2, 0.25) is 0 Å². The number of aryl methyl sites for hydroxylation is 1. The molecule has 1 N–H and O–H groups in total. The van der Waals surface area contributed by atoms with Crippen molar-refractivity contribution >= 4 is 17.7 Å². The fraction of sp³-hybridized carbons (Fsp3) is 0.273. The van der Waals surface area contributed by atoms with Gasteiger partial charge in [-0.25, -0.2) is 0 Å². The predicted octanol–water partition coefficient (Wildman–Crippen LogP) is 1.87. The fourth-order valence-electron chi connectivity index (χ4n) is 1.43. The summed E-state index contributed by atoms with van der Waals surface area (Å²) in [7, 11) is 0. The first-order valence-electron chi connectivity index (χ1n) is 5.32. The molecule has 0 saturated heterocycles. The summed E-state index contributed by atoms with van der Waals surface area (Å²) in [5.74, 6) is -0.557. The minimum atomic E-state index is -0.919. The normalized spacial score (nSPS) is 10.5. The number of hydrogen-bond acceptors (Lipinski definition) is 6. The molecule has 2 heterocycles. The molecule has 0 unspecified atom stereocenters. The Kier molecular flexibility index (Phi) is 3.93. The van der Waals surface area contributed by atoms with E-state index in [1.54, 1.807) is 12.4 Å². The second-order valence-electron chi connectivity index (χ2n) is 3.45. The Morgan fingerprint density at radius 3 is 3.11 bits per heavy atom. The van der Waals surface area contributed by atoms with E-state index < -0.39 is 5.97 Å². The van der Waals surface area contributed by atoms with E-state index in [1.807, 2.05) is 13.0 Å². The van der Waals surface area contributed by atoms with Gasteiger partial charge in [-0.1, -0.05) is 23.8 Å². The zero-order chi connectivity index (χ0) is 13.0. The van der Waals surface area contributed by atoms with Crippen molar-refractivity contribution in [3.63, 3.8) is 0 Å². The molecule has 0 aliphatic carbocycles. The highest BCUT2D eigenvalue weighted by Crippen LogP contribution is 2.23. The predicted molar refractivity (Wildman–Crippen MR) is 65.3 cm³/mol. The molecule has 2 aromatic rings. The average molecular weight is 265 g/mol. The number of pyridine rings is 1. The summed E-state index contributed by atoms with van der Waals surface area (Å²) in [6, 6.07) is 1.81. The van der Waals surface area contributed by atoms with Crippen LogP contribution >= 0.6 is 11.8 Å². The molecule has 7 heteroatoms. The van der Waals surface area contributed by atoms with Crippen LogP contribution in [-0.4, -0.2) is 32.0 Å². The maximum Gasteiger partial charge on any atom is 0.314 e. The van der Waals surface area contributed by atoms with E-state index in [9.17, 15) is 4.79 Å². The summed E-state index contributed by atoms with van der Waals surface area (Å²) >= 11 is 1.00. The number of aromatic nitrogens is 3. The number of rotatable bonds is 5. The molecule has 2 aromatic heterocycles. The molecule has 0 amide bonds. The Morgan fingerprint density at radius 2 is 2.39 bits per heavy atom. The highest BCUT2D eigenvalue weighted by Gasteiger charge is 2.13. The monoisotopic (exact) mass is 265 g/mol. The Bertz CT molecular complexity index is 556. The first-order valence-corrected chi connectivity index (χ1v) is 6.30. The summed E-state index contributed by atoms with van der Waals surface area (Å²) in [6.45, 7) is 2.01. The van der Waals surface area contributed by atoms with Crippen LogP contribution in [-0.2, 0) is 11.2 Å². The van der Waals surface area contributed by atoms with E-state index in [1.165, 1.54) is 0 Å². The number of aliphatic carboxylic acids is 1. The maximum absolute atomic E-state index is 10.4. The van der Waals surface area contributed by atoms with Gasteiger partial charge in [-0.05, 0) is 18.1 Å². The lowest BCUT2D eigenvalue weighted by molar-refractivity contribution is -0.133. The molecule has 0 atom stereocenters. The first-order chi connectivity index (χ1) is 8.70. The van der Waals surface area contributed by atoms with Crippen molar-refractivity contribution in [1.29, 1.82) is 0 Å². The van der Waals surface area contributed by atoms with Crippen molar-refractivity contribution in [2.75, 3.05) is 5.75 Å². The number of carbonyl (C=O) groups is 1. The lowest BCUT2D eigenvalue weighted by Gasteiger charge is -2.00. The van der Waals surface area contributed by atoms with Crippen LogP contribution in [0.25, 0.3) is 11.4 Å². The summed E-state index contributed by atoms with van der Waals surface area (Å²) in [5.41, 5.74) is 1.88. The minimum Gasteiger partial charge on any atom is -0.481 e. The Hall–Kier alpha value is -1.89. The van der Waals surface area contributed by atoms with Crippen LogP contribution < -0.4 is 0 Å². The number of carboxylic acids is 1. The molecule has 0 aliphatic rings. The molecule has 0 bridgehead atoms. The van der Waals surface area contributed by atoms with Gasteiger partial charge in [-0.3, -0.25) is 9.78 Å². The van der Waals surface area contributed by atoms with Gasteiger partial charge in [0, 0.05) is 18.0 Å². The standard InChI is InChI=1S/C11H11N3O3S/c1-2-7-5-12-4-3-8(7)10-13-11(17-14-10)18-6-9(15)16/h3-5H,2,6H2,1H3,(H,15,16). The summed E-state index contributed by atoms with van der Waals surface area (Å²) in [6.07, 6.45) is 4.24. The third kappa shape index (κ3) is 2.86. The minimum absolute atomic E-state index is 0.0986. The molecule has 0 fully saturated rings. The maximum atomic E-state index is 10.4. The average Bonchev–Trinajstić information content (AvgIpc) is 2.85. The highest BCUT2D eigenvalue weighted by atomic mass is 32.2. The van der Waals surface area contributed by atoms with Crippen molar-refractivity contribution in [1.82, 2.24) is 15.1 Å². The summed E-state index contributed by atoms with van der Waals surface area (Å²) in [5, 5.41) is 12.7. The second kappa shape index (κ2) is 5.63. The topological polar surface area (TPSA) is 89.1 Å². The largest absolute Gasteiger partial charge is 0.481 e. The Morgan fingerprint density at radius 1 is 1.56 bits per heavy atom. The van der Waals surface area contributed by atoms with Crippen LogP contribution in [0.15, 0.2) is 28.2 Å². The van der Waals surface area contributed by atoms with Gasteiger partial charge < -0.3 is 9.63 Å². The molecular weight excluding hydrogens is 254 g/mol. The molecule has 0 spiro atoms. The molecule has 2 rings (SSSR count). The van der Waals surface area contributed by atoms with Crippen LogP contribution in [0.3, 0.4) is 0 Å². The third-order valence-corrected chi connectivity index (χ3v) is 3.06. The van der Waals surface area contributed by atoms with Gasteiger partial charge in [0.15, 0.2) is 0 Å². The number of hydrogen-bond donors (Lipinski definition) is 1. The van der Waals surface area contributed by atoms with Gasteiger partial charge in [-0.15, -0.1) is 0 Å². The van der Waals surface area contributed by atoms with Crippen LogP contribution in [0, 0.1) is 0 Å². The van der Waals surface area contributed by atoms with Gasteiger partial charge in [0.05, 0.1) is 0 Å². The van der Waals surface area contributed by atoms with Gasteiger partial charge in [0.1, 0.15) is 5.75 Å². The Balaban J connectivity index is 2.21. The van der Waals surface area contributed by atoms with Crippen LogP contribution in [0.1, 0.15) is 12.5 Å². The van der Waals surface area contributed by atoms with E-state index >= 15 is 0 Å². The van der Waals surface area contributed by atoms with Crippen molar-refractivity contribution in [3.8, 4) is 11.4 Å².